The van der Waals surface area contributed by atoms with Crippen LogP contribution in [0.3, 0.4) is 0 Å². The molecule has 0 spiro atoms. The Morgan fingerprint density at radius 2 is 2.12 bits per heavy atom. The molecule has 0 aliphatic carbocycles. The Morgan fingerprint density at radius 1 is 1.31 bits per heavy atom. The lowest BCUT2D eigenvalue weighted by Gasteiger charge is -2.06. The Bertz CT molecular complexity index is 567. The lowest BCUT2D eigenvalue weighted by molar-refractivity contribution is 1.43. The fourth-order valence-electron chi connectivity index (χ4n) is 1.56. The van der Waals surface area contributed by atoms with Gasteiger partial charge in [0, 0.05) is 4.47 Å². The topological polar surface area (TPSA) is 23.8 Å². The molecule has 0 aliphatic heterocycles. The third-order valence-electron chi connectivity index (χ3n) is 2.35. The summed E-state index contributed by atoms with van der Waals surface area (Å²) in [6.07, 6.45) is 0. The first-order chi connectivity index (χ1) is 7.70. The van der Waals surface area contributed by atoms with E-state index in [4.69, 9.17) is 5.26 Å². The van der Waals surface area contributed by atoms with Gasteiger partial charge in [0.15, 0.2) is 0 Å². The number of nitrogens with zero attached hydrogens (tertiary/aromatic N) is 1. The molecule has 0 saturated heterocycles. The predicted molar refractivity (Wildman–Crippen MR) is 67.9 cm³/mol. The zero-order valence-corrected chi connectivity index (χ0v) is 10.4. The second-order valence-electron chi connectivity index (χ2n) is 3.57. The number of aryl methyl sites for hydroxylation is 1. The van der Waals surface area contributed by atoms with Gasteiger partial charge in [-0.05, 0) is 53.9 Å². The summed E-state index contributed by atoms with van der Waals surface area (Å²) < 4.78 is 0.994. The average Bonchev–Trinajstić information content (AvgIpc) is 2.32. The average molecular weight is 271 g/mol. The van der Waals surface area contributed by atoms with Crippen molar-refractivity contribution in [2.24, 2.45) is 0 Å². The second kappa shape index (κ2) is 4.51. The van der Waals surface area contributed by atoms with E-state index in [0.717, 1.165) is 21.2 Å². The summed E-state index contributed by atoms with van der Waals surface area (Å²) in [5.41, 5.74) is 3.90. The highest BCUT2D eigenvalue weighted by atomic mass is 79.9. The molecule has 0 atom stereocenters. The first-order valence-electron chi connectivity index (χ1n) is 4.89. The van der Waals surface area contributed by atoms with Crippen molar-refractivity contribution in [1.82, 2.24) is 0 Å². The van der Waals surface area contributed by atoms with E-state index < -0.39 is 0 Å². The minimum Gasteiger partial charge on any atom is -0.192 e. The molecule has 2 aromatic carbocycles. The quantitative estimate of drug-likeness (QED) is 0.766. The molecule has 0 aromatic heterocycles. The number of hydrogen-bond acceptors (Lipinski definition) is 1. The fourth-order valence-corrected chi connectivity index (χ4v) is 2.02. The van der Waals surface area contributed by atoms with Gasteiger partial charge in [0.05, 0.1) is 11.6 Å². The lowest BCUT2D eigenvalue weighted by atomic mass is 10.0. The molecule has 1 radical (unpaired) electrons. The summed E-state index contributed by atoms with van der Waals surface area (Å²) >= 11 is 3.50. The number of hydrogen-bond donors (Lipinski definition) is 0. The minimum atomic E-state index is 0.676. The van der Waals surface area contributed by atoms with Crippen LogP contribution in [0.4, 0.5) is 0 Å². The van der Waals surface area contributed by atoms with Crippen LogP contribution < -0.4 is 0 Å². The van der Waals surface area contributed by atoms with E-state index >= 15 is 0 Å². The van der Waals surface area contributed by atoms with E-state index in [-0.39, 0.29) is 0 Å². The van der Waals surface area contributed by atoms with E-state index in [9.17, 15) is 0 Å². The summed E-state index contributed by atoms with van der Waals surface area (Å²) in [5, 5.41) is 8.86. The zero-order valence-electron chi connectivity index (χ0n) is 8.79. The smallest absolute Gasteiger partial charge is 0.0991 e. The molecule has 0 amide bonds. The highest BCUT2D eigenvalue weighted by Gasteiger charge is 2.04. The molecule has 1 nitrogen and oxygen atoms in total. The van der Waals surface area contributed by atoms with Crippen molar-refractivity contribution >= 4 is 15.9 Å². The van der Waals surface area contributed by atoms with Crippen molar-refractivity contribution in [2.75, 3.05) is 0 Å². The van der Waals surface area contributed by atoms with Crippen LogP contribution in [-0.4, -0.2) is 0 Å². The van der Waals surface area contributed by atoms with Crippen LogP contribution in [0.15, 0.2) is 40.9 Å². The molecule has 0 heterocycles. The molecule has 2 aromatic rings. The van der Waals surface area contributed by atoms with E-state index in [1.807, 2.05) is 31.2 Å². The van der Waals surface area contributed by atoms with Crippen molar-refractivity contribution in [3.63, 3.8) is 0 Å². The van der Waals surface area contributed by atoms with Crippen molar-refractivity contribution in [1.29, 1.82) is 5.26 Å². The summed E-state index contributed by atoms with van der Waals surface area (Å²) in [4.78, 5) is 0. The Balaban J connectivity index is 2.58. The third kappa shape index (κ3) is 2.15. The molecular formula is C14H9BrN. The molecule has 77 valence electrons. The number of rotatable bonds is 1. The SMILES string of the molecule is Cc1[c]cc(Br)c(-c2cccc(C#N)c2)c1. The van der Waals surface area contributed by atoms with Gasteiger partial charge in [0.25, 0.3) is 0 Å². The number of halogens is 1. The van der Waals surface area contributed by atoms with Crippen LogP contribution in [0.2, 0.25) is 0 Å². The van der Waals surface area contributed by atoms with Crippen LogP contribution in [0.25, 0.3) is 11.1 Å². The van der Waals surface area contributed by atoms with Gasteiger partial charge in [-0.2, -0.15) is 5.26 Å². The molecule has 0 saturated carbocycles. The van der Waals surface area contributed by atoms with Crippen LogP contribution in [0.5, 0.6) is 0 Å². The summed E-state index contributed by atoms with van der Waals surface area (Å²) in [5.74, 6) is 0. The molecule has 16 heavy (non-hydrogen) atoms. The highest BCUT2D eigenvalue weighted by molar-refractivity contribution is 9.10. The molecule has 0 bridgehead atoms. The van der Waals surface area contributed by atoms with Gasteiger partial charge < -0.3 is 0 Å². The lowest BCUT2D eigenvalue weighted by Crippen LogP contribution is -1.83. The Labute approximate surface area is 103 Å². The van der Waals surface area contributed by atoms with Crippen molar-refractivity contribution < 1.29 is 0 Å². The van der Waals surface area contributed by atoms with Gasteiger partial charge >= 0.3 is 0 Å². The van der Waals surface area contributed by atoms with Crippen LogP contribution in [0, 0.1) is 24.3 Å². The first-order valence-corrected chi connectivity index (χ1v) is 5.68. The maximum Gasteiger partial charge on any atom is 0.0991 e. The van der Waals surface area contributed by atoms with Gasteiger partial charge in [0.2, 0.25) is 0 Å². The molecule has 0 fully saturated rings. The second-order valence-corrected chi connectivity index (χ2v) is 4.42. The summed E-state index contributed by atoms with van der Waals surface area (Å²) in [6, 6.07) is 16.8. The van der Waals surface area contributed by atoms with Gasteiger partial charge in [-0.1, -0.05) is 28.1 Å². The minimum absolute atomic E-state index is 0.676. The van der Waals surface area contributed by atoms with E-state index in [1.165, 1.54) is 0 Å². The predicted octanol–water partition coefficient (Wildman–Crippen LogP) is 4.10. The van der Waals surface area contributed by atoms with E-state index in [2.05, 4.69) is 34.1 Å². The molecule has 0 N–H and O–H groups in total. The molecule has 0 unspecified atom stereocenters. The fraction of sp³-hybridized carbons (Fsp3) is 0.0714. The number of nitriles is 1. The molecular weight excluding hydrogens is 262 g/mol. The van der Waals surface area contributed by atoms with Crippen LogP contribution in [-0.2, 0) is 0 Å². The van der Waals surface area contributed by atoms with Crippen molar-refractivity contribution in [3.8, 4) is 17.2 Å². The highest BCUT2D eigenvalue weighted by Crippen LogP contribution is 2.29. The Kier molecular flexibility index (Phi) is 3.07. The van der Waals surface area contributed by atoms with Gasteiger partial charge in [0.1, 0.15) is 0 Å². The van der Waals surface area contributed by atoms with E-state index in [0.29, 0.717) is 5.56 Å². The summed E-state index contributed by atoms with van der Waals surface area (Å²) in [6.45, 7) is 2.00. The summed E-state index contributed by atoms with van der Waals surface area (Å²) in [7, 11) is 0. The molecule has 0 aliphatic rings. The Morgan fingerprint density at radius 3 is 2.88 bits per heavy atom. The van der Waals surface area contributed by atoms with Gasteiger partial charge in [-0.3, -0.25) is 0 Å². The maximum absolute atomic E-state index is 8.86. The van der Waals surface area contributed by atoms with Gasteiger partial charge in [-0.25, -0.2) is 0 Å². The normalized spacial score (nSPS) is 9.81. The van der Waals surface area contributed by atoms with Crippen LogP contribution in [0.1, 0.15) is 11.1 Å². The monoisotopic (exact) mass is 270 g/mol. The third-order valence-corrected chi connectivity index (χ3v) is 3.00. The zero-order chi connectivity index (χ0) is 11.5. The van der Waals surface area contributed by atoms with Crippen LogP contribution >= 0.6 is 15.9 Å². The number of benzene rings is 2. The standard InChI is InChI=1S/C14H9BrN/c1-10-5-6-14(15)13(7-10)12-4-2-3-11(8-12)9-16/h2-4,6-8H,1H3. The first kappa shape index (κ1) is 10.9. The largest absolute Gasteiger partial charge is 0.192 e. The van der Waals surface area contributed by atoms with E-state index in [1.54, 1.807) is 6.07 Å². The van der Waals surface area contributed by atoms with Gasteiger partial charge in [-0.15, -0.1) is 0 Å². The Hall–Kier alpha value is -1.59. The van der Waals surface area contributed by atoms with Crippen molar-refractivity contribution in [2.45, 2.75) is 6.92 Å². The maximum atomic E-state index is 8.86. The molecule has 2 heteroatoms. The van der Waals surface area contributed by atoms with Crippen molar-refractivity contribution in [3.05, 3.63) is 58.1 Å². The molecule has 2 rings (SSSR count).